The summed E-state index contributed by atoms with van der Waals surface area (Å²) in [5.41, 5.74) is -0.889. The molecule has 0 bridgehead atoms. The minimum absolute atomic E-state index is 0.118. The molecule has 2 saturated carbocycles. The van der Waals surface area contributed by atoms with Crippen molar-refractivity contribution in [2.24, 2.45) is 5.41 Å². The topological polar surface area (TPSA) is 64.6 Å². The van der Waals surface area contributed by atoms with Gasteiger partial charge in [-0.1, -0.05) is 33.1 Å². The van der Waals surface area contributed by atoms with Crippen LogP contribution in [0.2, 0.25) is 0 Å². The molecule has 1 unspecified atom stereocenters. The molecule has 0 aromatic carbocycles. The molecule has 5 nitrogen and oxygen atoms in total. The van der Waals surface area contributed by atoms with Crippen molar-refractivity contribution in [3.63, 3.8) is 0 Å². The Bertz CT molecular complexity index is 454. The second-order valence-corrected chi connectivity index (χ2v) is 9.20. The molecule has 1 saturated heterocycles. The van der Waals surface area contributed by atoms with Crippen LogP contribution in [0.1, 0.15) is 78.1 Å². The number of carbonyl (C=O) groups excluding carboxylic acids is 1. The molecule has 2 amide bonds. The van der Waals surface area contributed by atoms with Gasteiger partial charge >= 0.3 is 6.03 Å². The number of amides is 2. The Balaban J connectivity index is 1.38. The molecule has 3 fully saturated rings. The fourth-order valence-corrected chi connectivity index (χ4v) is 5.04. The Labute approximate surface area is 152 Å². The lowest BCUT2D eigenvalue weighted by Gasteiger charge is -2.39. The molecular weight excluding hydrogens is 314 g/mol. The molecule has 0 aromatic rings. The molecule has 0 aromatic heterocycles. The van der Waals surface area contributed by atoms with Crippen LogP contribution in [0.4, 0.5) is 4.79 Å². The van der Waals surface area contributed by atoms with Crippen LogP contribution in [0.3, 0.4) is 0 Å². The van der Waals surface area contributed by atoms with Crippen LogP contribution in [-0.4, -0.2) is 53.4 Å². The van der Waals surface area contributed by atoms with E-state index in [0.29, 0.717) is 6.54 Å². The minimum atomic E-state index is -0.769. The monoisotopic (exact) mass is 351 g/mol. The average molecular weight is 352 g/mol. The zero-order chi connectivity index (χ0) is 17.9. The number of rotatable bonds is 4. The summed E-state index contributed by atoms with van der Waals surface area (Å²) in [6, 6.07) is 0.931. The number of aliphatic hydroxyl groups is 1. The molecule has 0 radical (unpaired) electrons. The highest BCUT2D eigenvalue weighted by molar-refractivity contribution is 5.74. The quantitative estimate of drug-likeness (QED) is 0.729. The van der Waals surface area contributed by atoms with Gasteiger partial charge in [-0.05, 0) is 50.4 Å². The van der Waals surface area contributed by atoms with Gasteiger partial charge in [0.1, 0.15) is 0 Å². The molecule has 5 heteroatoms. The zero-order valence-electron chi connectivity index (χ0n) is 16.1. The molecule has 144 valence electrons. The van der Waals surface area contributed by atoms with E-state index in [1.807, 2.05) is 0 Å². The number of carbonyl (C=O) groups is 1. The number of likely N-dealkylation sites (tertiary alicyclic amines) is 1. The number of hydrogen-bond acceptors (Lipinski definition) is 3. The second kappa shape index (κ2) is 7.83. The van der Waals surface area contributed by atoms with Crippen LogP contribution in [0.15, 0.2) is 0 Å². The van der Waals surface area contributed by atoms with E-state index < -0.39 is 5.60 Å². The number of nitrogens with one attached hydrogen (secondary N) is 2. The normalized spacial score (nSPS) is 31.8. The first kappa shape index (κ1) is 19.0. The summed E-state index contributed by atoms with van der Waals surface area (Å²) in [4.78, 5) is 14.9. The summed E-state index contributed by atoms with van der Waals surface area (Å²) in [6.07, 6.45) is 11.8. The summed E-state index contributed by atoms with van der Waals surface area (Å²) in [7, 11) is 0. The van der Waals surface area contributed by atoms with Crippen LogP contribution >= 0.6 is 0 Å². The number of hydrogen-bond donors (Lipinski definition) is 3. The summed E-state index contributed by atoms with van der Waals surface area (Å²) >= 11 is 0. The predicted molar refractivity (Wildman–Crippen MR) is 101 cm³/mol. The van der Waals surface area contributed by atoms with Gasteiger partial charge in [0, 0.05) is 31.7 Å². The van der Waals surface area contributed by atoms with Crippen molar-refractivity contribution in [2.75, 3.05) is 19.6 Å². The molecule has 3 rings (SSSR count). The third kappa shape index (κ3) is 4.48. The Hall–Kier alpha value is -0.810. The van der Waals surface area contributed by atoms with Gasteiger partial charge in [0.05, 0.1) is 5.60 Å². The summed E-state index contributed by atoms with van der Waals surface area (Å²) < 4.78 is 0. The Morgan fingerprint density at radius 2 is 1.72 bits per heavy atom. The highest BCUT2D eigenvalue weighted by Crippen LogP contribution is 2.45. The number of nitrogens with zero attached hydrogens (tertiary/aromatic N) is 1. The first-order chi connectivity index (χ1) is 11.9. The van der Waals surface area contributed by atoms with Gasteiger partial charge in [0.15, 0.2) is 0 Å². The van der Waals surface area contributed by atoms with Crippen molar-refractivity contribution in [1.82, 2.24) is 15.5 Å². The molecule has 25 heavy (non-hydrogen) atoms. The van der Waals surface area contributed by atoms with Crippen LogP contribution in [0.25, 0.3) is 0 Å². The van der Waals surface area contributed by atoms with Crippen molar-refractivity contribution in [3.05, 3.63) is 0 Å². The van der Waals surface area contributed by atoms with Crippen molar-refractivity contribution < 1.29 is 9.90 Å². The van der Waals surface area contributed by atoms with Crippen LogP contribution in [0, 0.1) is 5.41 Å². The third-order valence-corrected chi connectivity index (χ3v) is 7.15. The largest absolute Gasteiger partial charge is 0.387 e. The van der Waals surface area contributed by atoms with E-state index in [1.54, 1.807) is 0 Å². The molecule has 1 atom stereocenters. The first-order valence-electron chi connectivity index (χ1n) is 10.4. The molecule has 3 N–H and O–H groups in total. The van der Waals surface area contributed by atoms with Gasteiger partial charge in [0.25, 0.3) is 0 Å². The molecular formula is C20H37N3O2. The van der Waals surface area contributed by atoms with Gasteiger partial charge < -0.3 is 20.6 Å². The Morgan fingerprint density at radius 1 is 1.04 bits per heavy atom. The lowest BCUT2D eigenvalue weighted by atomic mass is 9.78. The molecule has 1 aliphatic heterocycles. The smallest absolute Gasteiger partial charge is 0.315 e. The van der Waals surface area contributed by atoms with Crippen molar-refractivity contribution >= 4 is 6.03 Å². The van der Waals surface area contributed by atoms with Crippen LogP contribution in [-0.2, 0) is 0 Å². The highest BCUT2D eigenvalue weighted by atomic mass is 16.3. The van der Waals surface area contributed by atoms with Crippen molar-refractivity contribution in [1.29, 1.82) is 0 Å². The van der Waals surface area contributed by atoms with Crippen molar-refractivity contribution in [3.8, 4) is 0 Å². The zero-order valence-corrected chi connectivity index (χ0v) is 16.1. The van der Waals surface area contributed by atoms with Gasteiger partial charge in [-0.15, -0.1) is 0 Å². The van der Waals surface area contributed by atoms with Gasteiger partial charge in [-0.2, -0.15) is 0 Å². The standard InChI is InChI=1S/C20H37N3O2/c1-19(2)11-6-12-20(19,25)15-21-18(24)22-16-9-13-23(14-10-16)17-7-4-3-5-8-17/h16-17,25H,3-15H2,1-2H3,(H2,21,22,24). The number of piperidine rings is 1. The van der Waals surface area contributed by atoms with Crippen molar-refractivity contribution in [2.45, 2.75) is 95.7 Å². The number of urea groups is 1. The maximum atomic E-state index is 12.3. The summed E-state index contributed by atoms with van der Waals surface area (Å²) in [5, 5.41) is 16.9. The van der Waals surface area contributed by atoms with Crippen LogP contribution < -0.4 is 10.6 Å². The predicted octanol–water partition coefficient (Wildman–Crippen LogP) is 3.02. The lowest BCUT2D eigenvalue weighted by molar-refractivity contribution is -0.0386. The summed E-state index contributed by atoms with van der Waals surface area (Å²) in [5.74, 6) is 0. The minimum Gasteiger partial charge on any atom is -0.387 e. The summed E-state index contributed by atoms with van der Waals surface area (Å²) in [6.45, 7) is 6.76. The van der Waals surface area contributed by atoms with Gasteiger partial charge in [-0.25, -0.2) is 4.79 Å². The van der Waals surface area contributed by atoms with E-state index in [1.165, 1.54) is 32.1 Å². The maximum Gasteiger partial charge on any atom is 0.315 e. The fourth-order valence-electron chi connectivity index (χ4n) is 5.04. The fraction of sp³-hybridized carbons (Fsp3) is 0.950. The third-order valence-electron chi connectivity index (χ3n) is 7.15. The van der Waals surface area contributed by atoms with E-state index in [2.05, 4.69) is 29.4 Å². The molecule has 1 heterocycles. The van der Waals surface area contributed by atoms with E-state index in [4.69, 9.17) is 0 Å². The van der Waals surface area contributed by atoms with E-state index in [0.717, 1.165) is 51.2 Å². The second-order valence-electron chi connectivity index (χ2n) is 9.20. The lowest BCUT2D eigenvalue weighted by Crippen LogP contribution is -2.54. The van der Waals surface area contributed by atoms with E-state index in [-0.39, 0.29) is 17.5 Å². The molecule has 0 spiro atoms. The van der Waals surface area contributed by atoms with E-state index >= 15 is 0 Å². The first-order valence-corrected chi connectivity index (χ1v) is 10.4. The SMILES string of the molecule is CC1(C)CCCC1(O)CNC(=O)NC1CCN(C2CCCCC2)CC1. The average Bonchev–Trinajstić information content (AvgIpc) is 2.88. The van der Waals surface area contributed by atoms with Gasteiger partial charge in [-0.3, -0.25) is 0 Å². The highest BCUT2D eigenvalue weighted by Gasteiger charge is 2.47. The van der Waals surface area contributed by atoms with Gasteiger partial charge in [0.2, 0.25) is 0 Å². The Kier molecular flexibility index (Phi) is 5.94. The van der Waals surface area contributed by atoms with E-state index in [9.17, 15) is 9.90 Å². The molecule has 2 aliphatic carbocycles. The maximum absolute atomic E-state index is 12.3. The molecule has 3 aliphatic rings. The van der Waals surface area contributed by atoms with Crippen LogP contribution in [0.5, 0.6) is 0 Å². The Morgan fingerprint density at radius 3 is 2.32 bits per heavy atom.